The van der Waals surface area contributed by atoms with E-state index in [1.807, 2.05) is 11.0 Å². The average Bonchev–Trinajstić information content (AvgIpc) is 2.80. The summed E-state index contributed by atoms with van der Waals surface area (Å²) in [6, 6.07) is 5.33. The fourth-order valence-corrected chi connectivity index (χ4v) is 4.18. The Morgan fingerprint density at radius 1 is 1.07 bits per heavy atom. The molecule has 2 amide bonds. The molecule has 0 spiro atoms. The number of amides is 2. The lowest BCUT2D eigenvalue weighted by Crippen LogP contribution is -2.51. The van der Waals surface area contributed by atoms with Crippen LogP contribution in [0.25, 0.3) is 0 Å². The Balaban J connectivity index is 0.00000181. The number of hydrogen-bond acceptors (Lipinski definition) is 6. The van der Waals surface area contributed by atoms with E-state index in [-0.39, 0.29) is 14.7 Å². The Morgan fingerprint density at radius 3 is 2.53 bits per heavy atom. The highest BCUT2D eigenvalue weighted by Crippen LogP contribution is 2.26. The molecule has 1 N–H and O–H groups in total. The van der Waals surface area contributed by atoms with Gasteiger partial charge in [0.1, 0.15) is 11.6 Å². The van der Waals surface area contributed by atoms with E-state index < -0.39 is 0 Å². The number of pyridine rings is 1. The highest BCUT2D eigenvalue weighted by molar-refractivity contribution is 6.03. The molecular formula is C22H32N6O2. The second-order valence-corrected chi connectivity index (χ2v) is 7.98. The fourth-order valence-electron chi connectivity index (χ4n) is 4.18. The number of aromatic nitrogens is 3. The molecule has 4 rings (SSSR count). The van der Waals surface area contributed by atoms with Crippen molar-refractivity contribution in [2.24, 2.45) is 5.92 Å². The lowest BCUT2D eigenvalue weighted by Gasteiger charge is -2.37. The van der Waals surface area contributed by atoms with Gasteiger partial charge in [0.05, 0.1) is 11.9 Å². The van der Waals surface area contributed by atoms with E-state index in [1.165, 1.54) is 19.3 Å². The van der Waals surface area contributed by atoms with Gasteiger partial charge in [0, 0.05) is 41.1 Å². The maximum absolute atomic E-state index is 12.8. The van der Waals surface area contributed by atoms with Crippen LogP contribution in [-0.4, -0.2) is 57.8 Å². The topological polar surface area (TPSA) is 91.3 Å². The standard InChI is InChI=1S/C22H28N6O2.2H2/c1-16-20(21(29)25-18-9-5-6-10-23-18)26-19(15-24-16)27-11-13-28(14-12-27)22(30)17-7-3-2-4-8-17;;/h5-6,9-10,15,17H,2-4,7-8,11-14H2,1H3,(H,23,25,29);2*1H. The average molecular weight is 413 g/mol. The highest BCUT2D eigenvalue weighted by atomic mass is 16.2. The van der Waals surface area contributed by atoms with Crippen LogP contribution in [0.4, 0.5) is 11.6 Å². The summed E-state index contributed by atoms with van der Waals surface area (Å²) >= 11 is 0. The van der Waals surface area contributed by atoms with Crippen molar-refractivity contribution in [1.29, 1.82) is 0 Å². The van der Waals surface area contributed by atoms with Gasteiger partial charge in [-0.05, 0) is 31.9 Å². The predicted octanol–water partition coefficient (Wildman–Crippen LogP) is 3.15. The second-order valence-electron chi connectivity index (χ2n) is 7.98. The van der Waals surface area contributed by atoms with Crippen LogP contribution in [-0.2, 0) is 4.79 Å². The monoisotopic (exact) mass is 412 g/mol. The van der Waals surface area contributed by atoms with Gasteiger partial charge in [0.2, 0.25) is 5.91 Å². The molecule has 0 radical (unpaired) electrons. The smallest absolute Gasteiger partial charge is 0.277 e. The minimum Gasteiger partial charge on any atom is -0.352 e. The number of carbonyl (C=O) groups excluding carboxylic acids is 2. The number of nitrogens with one attached hydrogen (secondary N) is 1. The Labute approximate surface area is 179 Å². The zero-order chi connectivity index (χ0) is 20.9. The molecule has 0 bridgehead atoms. The molecule has 3 heterocycles. The first kappa shape index (κ1) is 20.3. The maximum atomic E-state index is 12.8. The third-order valence-corrected chi connectivity index (χ3v) is 5.93. The van der Waals surface area contributed by atoms with Crippen LogP contribution < -0.4 is 10.2 Å². The molecule has 0 atom stereocenters. The summed E-state index contributed by atoms with van der Waals surface area (Å²) < 4.78 is 0. The predicted molar refractivity (Wildman–Crippen MR) is 119 cm³/mol. The van der Waals surface area contributed by atoms with Crippen LogP contribution in [0, 0.1) is 12.8 Å². The molecule has 0 aromatic carbocycles. The number of anilines is 2. The second kappa shape index (κ2) is 9.19. The SMILES string of the molecule is Cc1ncc(N2CCN(C(=O)C3CCCCC3)CC2)nc1C(=O)Nc1ccccn1.[HH].[HH]. The van der Waals surface area contributed by atoms with Crippen molar-refractivity contribution in [1.82, 2.24) is 19.9 Å². The van der Waals surface area contributed by atoms with Crippen molar-refractivity contribution in [2.45, 2.75) is 39.0 Å². The number of nitrogens with zero attached hydrogens (tertiary/aromatic N) is 5. The van der Waals surface area contributed by atoms with Crippen LogP contribution in [0.2, 0.25) is 0 Å². The van der Waals surface area contributed by atoms with Gasteiger partial charge in [0.25, 0.3) is 5.91 Å². The van der Waals surface area contributed by atoms with E-state index in [9.17, 15) is 9.59 Å². The van der Waals surface area contributed by atoms with Gasteiger partial charge in [-0.2, -0.15) is 0 Å². The van der Waals surface area contributed by atoms with Gasteiger partial charge in [-0.3, -0.25) is 14.6 Å². The van der Waals surface area contributed by atoms with E-state index in [0.29, 0.717) is 55.1 Å². The Hall–Kier alpha value is -3.03. The molecule has 1 saturated carbocycles. The zero-order valence-electron chi connectivity index (χ0n) is 17.4. The van der Waals surface area contributed by atoms with Crippen LogP contribution in [0.1, 0.15) is 51.1 Å². The van der Waals surface area contributed by atoms with Crippen molar-refractivity contribution in [3.8, 4) is 0 Å². The van der Waals surface area contributed by atoms with Gasteiger partial charge in [-0.15, -0.1) is 0 Å². The van der Waals surface area contributed by atoms with Gasteiger partial charge in [0.15, 0.2) is 5.69 Å². The molecule has 1 aliphatic carbocycles. The lowest BCUT2D eigenvalue weighted by atomic mass is 9.88. The molecule has 8 nitrogen and oxygen atoms in total. The van der Waals surface area contributed by atoms with Crippen LogP contribution >= 0.6 is 0 Å². The number of piperazine rings is 1. The molecule has 0 unspecified atom stereocenters. The third-order valence-electron chi connectivity index (χ3n) is 5.93. The Morgan fingerprint density at radius 2 is 1.83 bits per heavy atom. The molecular weight excluding hydrogens is 380 g/mol. The molecule has 1 saturated heterocycles. The first-order valence-corrected chi connectivity index (χ1v) is 10.7. The van der Waals surface area contributed by atoms with Gasteiger partial charge in [-0.1, -0.05) is 25.3 Å². The summed E-state index contributed by atoms with van der Waals surface area (Å²) in [5.41, 5.74) is 0.858. The van der Waals surface area contributed by atoms with E-state index in [4.69, 9.17) is 0 Å². The quantitative estimate of drug-likeness (QED) is 0.829. The van der Waals surface area contributed by atoms with Crippen LogP contribution in [0.5, 0.6) is 0 Å². The largest absolute Gasteiger partial charge is 0.352 e. The van der Waals surface area contributed by atoms with Crippen molar-refractivity contribution >= 4 is 23.5 Å². The van der Waals surface area contributed by atoms with Crippen molar-refractivity contribution in [2.75, 3.05) is 36.4 Å². The van der Waals surface area contributed by atoms with E-state index >= 15 is 0 Å². The van der Waals surface area contributed by atoms with E-state index in [1.54, 1.807) is 31.5 Å². The highest BCUT2D eigenvalue weighted by Gasteiger charge is 2.29. The summed E-state index contributed by atoms with van der Waals surface area (Å²) in [5, 5.41) is 2.76. The summed E-state index contributed by atoms with van der Waals surface area (Å²) in [6.45, 7) is 4.51. The minimum atomic E-state index is -0.327. The first-order chi connectivity index (χ1) is 14.6. The minimum absolute atomic E-state index is 0. The Bertz CT molecular complexity index is 901. The van der Waals surface area contributed by atoms with Crippen molar-refractivity contribution < 1.29 is 12.4 Å². The first-order valence-electron chi connectivity index (χ1n) is 10.7. The zero-order valence-corrected chi connectivity index (χ0v) is 17.4. The molecule has 2 aromatic rings. The normalized spacial score (nSPS) is 17.6. The van der Waals surface area contributed by atoms with Gasteiger partial charge in [-0.25, -0.2) is 9.97 Å². The number of carbonyl (C=O) groups is 2. The summed E-state index contributed by atoms with van der Waals surface area (Å²) in [7, 11) is 0. The molecule has 2 fully saturated rings. The van der Waals surface area contributed by atoms with E-state index in [2.05, 4.69) is 25.2 Å². The van der Waals surface area contributed by atoms with Crippen LogP contribution in [0.15, 0.2) is 30.6 Å². The molecule has 2 aromatic heterocycles. The summed E-state index contributed by atoms with van der Waals surface area (Å²) in [5.74, 6) is 1.32. The van der Waals surface area contributed by atoms with Gasteiger partial charge < -0.3 is 15.1 Å². The molecule has 1 aliphatic heterocycles. The Kier molecular flexibility index (Phi) is 6.21. The fraction of sp³-hybridized carbons (Fsp3) is 0.500. The molecule has 2 aliphatic rings. The van der Waals surface area contributed by atoms with Crippen molar-refractivity contribution in [3.63, 3.8) is 0 Å². The summed E-state index contributed by atoms with van der Waals surface area (Å²) in [6.07, 6.45) is 8.95. The molecule has 30 heavy (non-hydrogen) atoms. The van der Waals surface area contributed by atoms with Gasteiger partial charge >= 0.3 is 0 Å². The van der Waals surface area contributed by atoms with Crippen molar-refractivity contribution in [3.05, 3.63) is 42.0 Å². The number of hydrogen-bond donors (Lipinski definition) is 1. The molecule has 162 valence electrons. The summed E-state index contributed by atoms with van der Waals surface area (Å²) in [4.78, 5) is 42.6. The number of aryl methyl sites for hydroxylation is 1. The lowest BCUT2D eigenvalue weighted by molar-refractivity contribution is -0.136. The maximum Gasteiger partial charge on any atom is 0.277 e. The molecule has 8 heteroatoms. The number of rotatable bonds is 4. The van der Waals surface area contributed by atoms with E-state index in [0.717, 1.165) is 12.8 Å². The third kappa shape index (κ3) is 4.58. The van der Waals surface area contributed by atoms with Crippen LogP contribution in [0.3, 0.4) is 0 Å².